The van der Waals surface area contributed by atoms with E-state index in [1.165, 1.54) is 61.2 Å². The Bertz CT molecular complexity index is 4560. The molecule has 6 fully saturated rings. The van der Waals surface area contributed by atoms with Crippen LogP contribution in [0.2, 0.25) is 34.9 Å². The molecular formula is C91H112B6F4I2O29P2. The number of hydrogen-bond donors (Lipinski definition) is 4. The van der Waals surface area contributed by atoms with Crippen molar-refractivity contribution >= 4 is 141 Å². The van der Waals surface area contributed by atoms with Crippen molar-refractivity contribution in [1.29, 1.82) is 0 Å². The number of ether oxygens (including phenoxy) is 14. The fourth-order valence-electron chi connectivity index (χ4n) is 14.6. The largest absolute Gasteiger partial charge is 0.453 e. The Morgan fingerprint density at radius 2 is 0.634 bits per heavy atom. The number of carbonyl (C=O) groups excluding carboxylic acids is 7. The van der Waals surface area contributed by atoms with Crippen molar-refractivity contribution in [2.75, 3.05) is 67.6 Å². The fraction of sp³-hybridized carbons (Fsp3) is 0.505. The van der Waals surface area contributed by atoms with Crippen molar-refractivity contribution in [3.63, 3.8) is 0 Å². The zero-order valence-electron chi connectivity index (χ0n) is 75.9. The van der Waals surface area contributed by atoms with E-state index in [2.05, 4.69) is 50.4 Å². The van der Waals surface area contributed by atoms with E-state index in [0.29, 0.717) is 40.7 Å². The van der Waals surface area contributed by atoms with Crippen LogP contribution in [0, 0.1) is 0 Å². The van der Waals surface area contributed by atoms with Gasteiger partial charge in [0.1, 0.15) is 68.0 Å². The molecule has 12 radical (unpaired) electrons. The van der Waals surface area contributed by atoms with Crippen LogP contribution in [0.15, 0.2) is 195 Å². The van der Waals surface area contributed by atoms with Crippen LogP contribution in [0.3, 0.4) is 0 Å². The van der Waals surface area contributed by atoms with E-state index in [1.54, 1.807) is 185 Å². The molecule has 6 aliphatic carbocycles. The SMILES string of the molecule is C=C.II.[B]C1CC(O)C(OC(=O)c2ccccc2)C1(C)F.[B]C1CC(OCOC)C(OC(=O)c2ccccc2)C1(C)F.[B]C1CC(OCOC)C(OC(=O)c2ccccc2)C1(C)O.[B]C1CC(OCOC)C(OC(=O)c2ccccc2)C1=O.[B]C1CC(OCP(=O)(O)O)C(OC(=O)c2ccccc2)C1(C)F.[B]C1CC(OCP(=O)(OCC)OCC)C(OC(=O)c2ccccc2)C1(C)F. The number of aliphatic hydroxyl groups is 2. The molecule has 0 aromatic heterocycles. The predicted molar refractivity (Wildman–Crippen MR) is 510 cm³/mol. The lowest BCUT2D eigenvalue weighted by atomic mass is 9.76. The highest BCUT2D eigenvalue weighted by molar-refractivity contribution is 15.0. The van der Waals surface area contributed by atoms with Crippen molar-refractivity contribution in [2.24, 2.45) is 0 Å². The van der Waals surface area contributed by atoms with E-state index in [-0.39, 0.29) is 77.0 Å². The van der Waals surface area contributed by atoms with Gasteiger partial charge >= 0.3 is 51.0 Å². The van der Waals surface area contributed by atoms with E-state index >= 15 is 4.39 Å². The highest BCUT2D eigenvalue weighted by Gasteiger charge is 2.58. The number of rotatable bonds is 31. The molecule has 0 spiro atoms. The van der Waals surface area contributed by atoms with Crippen LogP contribution >= 0.6 is 52.4 Å². The summed E-state index contributed by atoms with van der Waals surface area (Å²) in [5.41, 5.74) is -7.15. The van der Waals surface area contributed by atoms with Gasteiger partial charge in [-0.3, -0.25) is 13.9 Å². The fourth-order valence-corrected chi connectivity index (χ4v) is 16.4. The molecule has 134 heavy (non-hydrogen) atoms. The molecule has 0 saturated heterocycles. The average molecular weight is 2130 g/mol. The molecule has 23 unspecified atom stereocenters. The summed E-state index contributed by atoms with van der Waals surface area (Å²) in [6, 6.07) is 50.0. The van der Waals surface area contributed by atoms with E-state index in [1.807, 2.05) is 6.07 Å². The quantitative estimate of drug-likeness (QED) is 0.00459. The number of carbonyl (C=O) groups is 7. The zero-order valence-corrected chi connectivity index (χ0v) is 82.0. The summed E-state index contributed by atoms with van der Waals surface area (Å²) in [7, 11) is 31.1. The number of aliphatic hydroxyl groups excluding tert-OH is 1. The van der Waals surface area contributed by atoms with Crippen molar-refractivity contribution in [2.45, 2.75) is 223 Å². The molecule has 4 N–H and O–H groups in total. The van der Waals surface area contributed by atoms with E-state index in [0.717, 1.165) is 0 Å². The summed E-state index contributed by atoms with van der Waals surface area (Å²) in [6.45, 7) is 16.4. The molecule has 6 aromatic carbocycles. The Kier molecular flexibility index (Phi) is 49.4. The first kappa shape index (κ1) is 118. The molecule has 0 heterocycles. The maximum absolute atomic E-state index is 15.1. The number of hydrogen-bond acceptors (Lipinski definition) is 27. The summed E-state index contributed by atoms with van der Waals surface area (Å²) >= 11 is 4.24. The first-order valence-electron chi connectivity index (χ1n) is 42.2. The minimum atomic E-state index is -4.42. The maximum atomic E-state index is 15.1. The van der Waals surface area contributed by atoms with Gasteiger partial charge < -0.3 is 95.4 Å². The molecule has 0 aliphatic heterocycles. The number of halogens is 6. The normalized spacial score (nSPS) is 29.7. The maximum Gasteiger partial charge on any atom is 0.356 e. The molecule has 12 rings (SSSR count). The molecule has 6 aliphatic rings. The van der Waals surface area contributed by atoms with Crippen LogP contribution in [-0.2, 0) is 89.3 Å². The third-order valence-electron chi connectivity index (χ3n) is 22.3. The van der Waals surface area contributed by atoms with Crippen molar-refractivity contribution in [3.05, 3.63) is 229 Å². The zero-order chi connectivity index (χ0) is 100. The monoisotopic (exact) mass is 2130 g/mol. The number of alkyl halides is 4. The highest BCUT2D eigenvalue weighted by atomic mass is 128. The van der Waals surface area contributed by atoms with Gasteiger partial charge in [-0.15, -0.1) is 13.2 Å². The summed E-state index contributed by atoms with van der Waals surface area (Å²) in [4.78, 5) is 102. The summed E-state index contributed by atoms with van der Waals surface area (Å²) < 4.78 is 166. The molecule has 43 heteroatoms. The Morgan fingerprint density at radius 3 is 0.918 bits per heavy atom. The molecule has 6 saturated carbocycles. The Hall–Kier alpha value is -6.98. The smallest absolute Gasteiger partial charge is 0.356 e. The van der Waals surface area contributed by atoms with Gasteiger partial charge in [-0.2, -0.15) is 0 Å². The summed E-state index contributed by atoms with van der Waals surface area (Å²) in [6.07, 6.45) is -11.4. The molecule has 6 aromatic rings. The van der Waals surface area contributed by atoms with Gasteiger partial charge in [0.05, 0.1) is 124 Å². The molecular weight excluding hydrogens is 2010 g/mol. The van der Waals surface area contributed by atoms with Gasteiger partial charge in [0.2, 0.25) is 0 Å². The van der Waals surface area contributed by atoms with Crippen LogP contribution < -0.4 is 0 Å². The lowest BCUT2D eigenvalue weighted by Crippen LogP contribution is -2.45. The van der Waals surface area contributed by atoms with Crippen LogP contribution in [-0.4, -0.2) is 278 Å². The summed E-state index contributed by atoms with van der Waals surface area (Å²) in [5.74, 6) is -8.74. The Balaban J connectivity index is 0.000000283. The minimum absolute atomic E-state index is 0.00709. The van der Waals surface area contributed by atoms with Crippen LogP contribution in [0.1, 0.15) is 149 Å². The van der Waals surface area contributed by atoms with Crippen molar-refractivity contribution in [1.82, 2.24) is 0 Å². The van der Waals surface area contributed by atoms with E-state index in [4.69, 9.17) is 132 Å². The van der Waals surface area contributed by atoms with Gasteiger partial charge in [-0.25, -0.2) is 46.3 Å². The second-order valence-electron chi connectivity index (χ2n) is 32.1. The van der Waals surface area contributed by atoms with E-state index in [9.17, 15) is 66.1 Å². The van der Waals surface area contributed by atoms with Gasteiger partial charge in [0.15, 0.2) is 42.4 Å². The van der Waals surface area contributed by atoms with Crippen LogP contribution in [0.4, 0.5) is 17.6 Å². The highest BCUT2D eigenvalue weighted by Crippen LogP contribution is 2.53. The average Bonchev–Trinajstić information content (AvgIpc) is 1.65. The standard InChI is InChI=1S/C18H25BFO6P.C15H18BFO4.C15H19BO5.C14H17BFO6P.C14H15BO5.C13H14BFO3.C2H4.I2/c1-4-24-27(22,25-5-2)12-23-14-11-15(19)18(3,20)16(14)26-17(21)13-9-7-6-8-10-13;1-15(17)12(16)8-11(20-9-19-2)13(15)21-14(18)10-6-4-3-5-7-10;1-15(18)12(16)8-11(20-9-19-2)13(15)21-14(17)10-6-4-3-5-7-10;1-14(16)11(15)7-10(21-8-23(18,19)20)12(14)22-13(17)9-5-3-2-4-6-9;1-18-8-19-11-7-10(15)12(16)13(11)20-14(17)9-5-3-2-4-6-9;1-13(15)10(14)7-9(16)11(13)18-12(17)8-5-3-2-4-6-8;2*1-2/h6-10,14-16H,4-5,11-12H2,1-3H3;3-7,11-13H,8-9H2,1-2H3;3-7,11-13,18H,8-9H2,1-2H3;2-6,10-12H,7-8H2,1H3,(H2,18,19,20);2-6,10-11,13H,7-8H2,1H3;2-6,9-11,16H,7H2,1H3;1-2H2;. The number of methoxy groups -OCH3 is 3. The number of benzene rings is 6. The second-order valence-corrected chi connectivity index (χ2v) is 35.7. The lowest BCUT2D eigenvalue weighted by Gasteiger charge is -2.31. The number of esters is 6. The minimum Gasteiger partial charge on any atom is -0.453 e. The first-order valence-corrected chi connectivity index (χ1v) is 52.1. The Morgan fingerprint density at radius 1 is 0.388 bits per heavy atom. The van der Waals surface area contributed by atoms with Crippen LogP contribution in [0.5, 0.6) is 0 Å². The molecule has 0 bridgehead atoms. The van der Waals surface area contributed by atoms with Crippen molar-refractivity contribution in [3.8, 4) is 0 Å². The number of ketones is 1. The van der Waals surface area contributed by atoms with Gasteiger partial charge in [-0.05, 0) is 195 Å². The summed E-state index contributed by atoms with van der Waals surface area (Å²) in [5, 5.41) is 20.2. The van der Waals surface area contributed by atoms with Gasteiger partial charge in [0.25, 0.3) is 0 Å². The second kappa shape index (κ2) is 56.3. The first-order chi connectivity index (χ1) is 63.3. The van der Waals surface area contributed by atoms with Gasteiger partial charge in [0, 0.05) is 58.6 Å². The molecule has 720 valence electrons. The predicted octanol–water partition coefficient (Wildman–Crippen LogP) is 14.7. The number of Topliss-reactive ketones (excluding diaryl/α,β-unsaturated/α-hetero) is 1. The molecule has 23 atom stereocenters. The topological polar surface area (TPSA) is 382 Å². The third-order valence-corrected chi connectivity index (χ3v) is 24.5. The van der Waals surface area contributed by atoms with E-state index < -0.39 is 194 Å². The van der Waals surface area contributed by atoms with Crippen LogP contribution in [0.25, 0.3) is 0 Å². The Labute approximate surface area is 810 Å². The lowest BCUT2D eigenvalue weighted by molar-refractivity contribution is -0.137. The molecule has 29 nitrogen and oxygen atoms in total. The molecule has 0 amide bonds. The van der Waals surface area contributed by atoms with Gasteiger partial charge in [-0.1, -0.05) is 109 Å². The van der Waals surface area contributed by atoms with Crippen molar-refractivity contribution < 1.29 is 156 Å². The third kappa shape index (κ3) is 34.2.